The van der Waals surface area contributed by atoms with Crippen LogP contribution in [0.1, 0.15) is 18.6 Å². The minimum Gasteiger partial charge on any atom is -0.490 e. The summed E-state index contributed by atoms with van der Waals surface area (Å²) in [5, 5.41) is 12.0. The van der Waals surface area contributed by atoms with Gasteiger partial charge >= 0.3 is 5.24 Å². The molecule has 0 spiro atoms. The van der Waals surface area contributed by atoms with Gasteiger partial charge in [-0.25, -0.2) is 4.21 Å². The Morgan fingerprint density at radius 3 is 2.69 bits per heavy atom. The molecule has 154 valence electrons. The van der Waals surface area contributed by atoms with Gasteiger partial charge in [0.05, 0.1) is 23.2 Å². The number of thioether (sulfide) groups is 1. The number of ether oxygens (including phenoxy) is 1. The van der Waals surface area contributed by atoms with Crippen LogP contribution >= 0.6 is 11.8 Å². The summed E-state index contributed by atoms with van der Waals surface area (Å²) in [5.41, 5.74) is 2.00. The van der Waals surface area contributed by atoms with Gasteiger partial charge < -0.3 is 20.1 Å². The number of benzene rings is 2. The van der Waals surface area contributed by atoms with Crippen molar-refractivity contribution in [2.24, 2.45) is 0 Å². The third-order valence-corrected chi connectivity index (χ3v) is 6.41. The van der Waals surface area contributed by atoms with Crippen molar-refractivity contribution < 1.29 is 23.6 Å². The average molecular weight is 435 g/mol. The lowest BCUT2D eigenvalue weighted by atomic mass is 10.1. The van der Waals surface area contributed by atoms with Crippen LogP contribution in [0.4, 0.5) is 16.2 Å². The molecule has 1 heterocycles. The summed E-state index contributed by atoms with van der Waals surface area (Å²) in [4.78, 5) is 25.8. The summed E-state index contributed by atoms with van der Waals surface area (Å²) in [7, 11) is 0.0494. The van der Waals surface area contributed by atoms with Crippen LogP contribution in [0, 0.1) is 0 Å². The van der Waals surface area contributed by atoms with Crippen molar-refractivity contribution in [3.63, 3.8) is 0 Å². The molecule has 2 N–H and O–H groups in total. The zero-order chi connectivity index (χ0) is 21.0. The van der Waals surface area contributed by atoms with Gasteiger partial charge in [0.25, 0.3) is 0 Å². The summed E-state index contributed by atoms with van der Waals surface area (Å²) in [6, 6.07) is 11.6. The van der Waals surface area contributed by atoms with Crippen LogP contribution in [0.3, 0.4) is 0 Å². The highest BCUT2D eigenvalue weighted by Gasteiger charge is 2.20. The SMILES string of the molecule is CC(=O)SCC(O)c1ccc(NC(=O)S(=O)c2ccc3c(c2)OCCN3C)cc1. The van der Waals surface area contributed by atoms with Crippen molar-refractivity contribution in [1.82, 2.24) is 0 Å². The van der Waals surface area contributed by atoms with Gasteiger partial charge in [-0.1, -0.05) is 23.9 Å². The molecule has 1 amide bonds. The lowest BCUT2D eigenvalue weighted by Gasteiger charge is -2.27. The minimum absolute atomic E-state index is 0.0605. The molecule has 2 unspecified atom stereocenters. The summed E-state index contributed by atoms with van der Waals surface area (Å²) >= 11 is 1.05. The van der Waals surface area contributed by atoms with E-state index in [0.717, 1.165) is 24.0 Å². The molecule has 0 saturated carbocycles. The maximum Gasteiger partial charge on any atom is 0.318 e. The fourth-order valence-corrected chi connectivity index (χ4v) is 4.22. The summed E-state index contributed by atoms with van der Waals surface area (Å²) in [5.74, 6) is 0.875. The average Bonchev–Trinajstić information content (AvgIpc) is 2.71. The van der Waals surface area contributed by atoms with Crippen molar-refractivity contribution in [1.29, 1.82) is 0 Å². The van der Waals surface area contributed by atoms with Crippen LogP contribution in [0.2, 0.25) is 0 Å². The molecule has 2 atom stereocenters. The van der Waals surface area contributed by atoms with Gasteiger partial charge in [-0.15, -0.1) is 0 Å². The number of carbonyl (C=O) groups is 2. The summed E-state index contributed by atoms with van der Waals surface area (Å²) in [6.07, 6.45) is -0.781. The molecule has 0 radical (unpaired) electrons. The first kappa shape index (κ1) is 21.4. The Bertz CT molecular complexity index is 933. The minimum atomic E-state index is -1.90. The number of nitrogens with one attached hydrogen (secondary N) is 1. The first-order valence-electron chi connectivity index (χ1n) is 8.97. The van der Waals surface area contributed by atoms with Crippen LogP contribution in [0.25, 0.3) is 0 Å². The monoisotopic (exact) mass is 434 g/mol. The Hall–Kier alpha value is -2.36. The molecule has 0 aliphatic carbocycles. The molecule has 0 saturated heterocycles. The number of rotatable bonds is 5. The Labute approximate surface area is 175 Å². The highest BCUT2D eigenvalue weighted by atomic mass is 32.2. The summed E-state index contributed by atoms with van der Waals surface area (Å²) in [6.45, 7) is 2.76. The molecular weight excluding hydrogens is 412 g/mol. The molecule has 1 aliphatic rings. The predicted octanol–water partition coefficient (Wildman–Crippen LogP) is 3.17. The Balaban J connectivity index is 1.64. The fraction of sp³-hybridized carbons (Fsp3) is 0.300. The van der Waals surface area contributed by atoms with Crippen molar-refractivity contribution in [2.45, 2.75) is 17.9 Å². The Morgan fingerprint density at radius 1 is 1.28 bits per heavy atom. The number of anilines is 2. The quantitative estimate of drug-likeness (QED) is 0.746. The van der Waals surface area contributed by atoms with Crippen molar-refractivity contribution in [2.75, 3.05) is 36.2 Å². The van der Waals surface area contributed by atoms with E-state index >= 15 is 0 Å². The Morgan fingerprint density at radius 2 is 2.00 bits per heavy atom. The molecule has 1 aliphatic heterocycles. The highest BCUT2D eigenvalue weighted by molar-refractivity contribution is 8.13. The second kappa shape index (κ2) is 9.43. The van der Waals surface area contributed by atoms with Gasteiger partial charge in [-0.05, 0) is 35.9 Å². The van der Waals surface area contributed by atoms with Crippen molar-refractivity contribution in [3.05, 3.63) is 48.0 Å². The largest absolute Gasteiger partial charge is 0.490 e. The smallest absolute Gasteiger partial charge is 0.318 e. The number of likely N-dealkylation sites (N-methyl/N-ethyl adjacent to an activating group) is 1. The lowest BCUT2D eigenvalue weighted by molar-refractivity contribution is -0.109. The first-order chi connectivity index (χ1) is 13.8. The van der Waals surface area contributed by atoms with Gasteiger partial charge in [0.15, 0.2) is 5.12 Å². The molecule has 2 aromatic carbocycles. The third-order valence-electron chi connectivity index (χ3n) is 4.40. The standard InChI is InChI=1S/C20H22N2O5S2/c1-13(23)28-12-18(24)14-3-5-15(6-4-14)21-20(25)29(26)16-7-8-17-19(11-16)27-10-9-22(17)2/h3-8,11,18,24H,9-10,12H2,1-2H3,(H,21,25). The molecule has 0 bridgehead atoms. The van der Waals surface area contributed by atoms with Crippen LogP contribution in [-0.4, -0.2) is 45.6 Å². The molecular formula is C20H22N2O5S2. The zero-order valence-corrected chi connectivity index (χ0v) is 17.7. The zero-order valence-electron chi connectivity index (χ0n) is 16.1. The molecule has 7 nitrogen and oxygen atoms in total. The van der Waals surface area contributed by atoms with Crippen LogP contribution in [0.15, 0.2) is 47.4 Å². The van der Waals surface area contributed by atoms with Crippen LogP contribution in [-0.2, 0) is 15.6 Å². The van der Waals surface area contributed by atoms with E-state index in [1.54, 1.807) is 42.5 Å². The highest BCUT2D eigenvalue weighted by Crippen LogP contribution is 2.32. The molecule has 0 fully saturated rings. The van der Waals surface area contributed by atoms with Gasteiger partial charge in [0.1, 0.15) is 23.2 Å². The lowest BCUT2D eigenvalue weighted by Crippen LogP contribution is -2.28. The van der Waals surface area contributed by atoms with Crippen LogP contribution < -0.4 is 15.0 Å². The normalized spacial score (nSPS) is 15.1. The first-order valence-corrected chi connectivity index (χ1v) is 11.1. The number of hydrogen-bond acceptors (Lipinski definition) is 7. The number of hydrogen-bond donors (Lipinski definition) is 2. The van der Waals surface area contributed by atoms with Gasteiger partial charge in [0.2, 0.25) is 0 Å². The number of nitrogens with zero attached hydrogens (tertiary/aromatic N) is 1. The third kappa shape index (κ3) is 5.37. The van der Waals surface area contributed by atoms with E-state index < -0.39 is 22.1 Å². The number of aliphatic hydroxyl groups excluding tert-OH is 1. The van der Waals surface area contributed by atoms with Crippen molar-refractivity contribution >= 4 is 44.3 Å². The van der Waals surface area contributed by atoms with Gasteiger partial charge in [-0.3, -0.25) is 9.59 Å². The van der Waals surface area contributed by atoms with Gasteiger partial charge in [-0.2, -0.15) is 0 Å². The Kier molecular flexibility index (Phi) is 6.94. The molecule has 2 aromatic rings. The number of amides is 1. The second-order valence-electron chi connectivity index (χ2n) is 6.52. The van der Waals surface area contributed by atoms with Gasteiger partial charge in [0, 0.05) is 25.4 Å². The number of fused-ring (bicyclic) bond motifs is 1. The maximum absolute atomic E-state index is 12.6. The van der Waals surface area contributed by atoms with E-state index in [4.69, 9.17) is 4.74 Å². The number of aliphatic hydroxyl groups is 1. The molecule has 0 aromatic heterocycles. The molecule has 29 heavy (non-hydrogen) atoms. The predicted molar refractivity (Wildman–Crippen MR) is 115 cm³/mol. The topological polar surface area (TPSA) is 95.9 Å². The van der Waals surface area contributed by atoms with E-state index in [1.165, 1.54) is 6.92 Å². The maximum atomic E-state index is 12.6. The van der Waals surface area contributed by atoms with E-state index in [0.29, 0.717) is 28.5 Å². The van der Waals surface area contributed by atoms with E-state index in [-0.39, 0.29) is 10.9 Å². The summed E-state index contributed by atoms with van der Waals surface area (Å²) < 4.78 is 18.2. The molecule has 9 heteroatoms. The fourth-order valence-electron chi connectivity index (χ4n) is 2.81. The second-order valence-corrected chi connectivity index (χ2v) is 9.10. The number of carbonyl (C=O) groups excluding carboxylic acids is 2. The molecule has 3 rings (SSSR count). The van der Waals surface area contributed by atoms with E-state index in [2.05, 4.69) is 5.32 Å². The van der Waals surface area contributed by atoms with Crippen molar-refractivity contribution in [3.8, 4) is 5.75 Å². The van der Waals surface area contributed by atoms with Crippen LogP contribution in [0.5, 0.6) is 5.75 Å². The van der Waals surface area contributed by atoms with E-state index in [1.807, 2.05) is 11.9 Å². The van der Waals surface area contributed by atoms with E-state index in [9.17, 15) is 18.9 Å².